The van der Waals surface area contributed by atoms with Crippen molar-refractivity contribution in [3.05, 3.63) is 24.3 Å². The van der Waals surface area contributed by atoms with Crippen LogP contribution in [0.15, 0.2) is 24.3 Å². The second-order valence-electron chi connectivity index (χ2n) is 2.55. The van der Waals surface area contributed by atoms with E-state index < -0.39 is 0 Å². The zero-order chi connectivity index (χ0) is 6.97. The van der Waals surface area contributed by atoms with Crippen molar-refractivity contribution in [2.45, 2.75) is 0 Å². The van der Waals surface area contributed by atoms with Crippen LogP contribution < -0.4 is 10.2 Å². The lowest BCUT2D eigenvalue weighted by atomic mass is 10.3. The van der Waals surface area contributed by atoms with Gasteiger partial charge in [-0.3, -0.25) is 0 Å². The highest BCUT2D eigenvalue weighted by Gasteiger charge is 2.11. The number of hydrogen-bond acceptors (Lipinski definition) is 2. The van der Waals surface area contributed by atoms with Gasteiger partial charge in [0.1, 0.15) is 0 Å². The molecule has 52 valence electrons. The lowest BCUT2D eigenvalue weighted by Gasteiger charge is -2.08. The zero-order valence-electron chi connectivity index (χ0n) is 5.96. The number of nitrogens with one attached hydrogen (secondary N) is 1. The summed E-state index contributed by atoms with van der Waals surface area (Å²) in [5.41, 5.74) is 2.53. The minimum Gasteiger partial charge on any atom is -0.366 e. The van der Waals surface area contributed by atoms with Crippen LogP contribution in [0.4, 0.5) is 11.4 Å². The maximum Gasteiger partial charge on any atom is 0.0874 e. The van der Waals surface area contributed by atoms with Crippen molar-refractivity contribution in [1.29, 1.82) is 0 Å². The fraction of sp³-hybridized carbons (Fsp3) is 0.250. The van der Waals surface area contributed by atoms with Gasteiger partial charge in [-0.1, -0.05) is 12.1 Å². The largest absolute Gasteiger partial charge is 0.366 e. The first kappa shape index (κ1) is 5.59. The number of para-hydroxylation sites is 2. The van der Waals surface area contributed by atoms with Gasteiger partial charge in [0.25, 0.3) is 0 Å². The average molecular weight is 134 g/mol. The molecule has 0 aliphatic carbocycles. The Hall–Kier alpha value is -1.18. The Morgan fingerprint density at radius 3 is 3.00 bits per heavy atom. The van der Waals surface area contributed by atoms with Gasteiger partial charge in [0, 0.05) is 7.05 Å². The van der Waals surface area contributed by atoms with E-state index in [0.29, 0.717) is 0 Å². The monoisotopic (exact) mass is 134 g/mol. The molecule has 0 amide bonds. The van der Waals surface area contributed by atoms with Crippen LogP contribution in [0, 0.1) is 0 Å². The van der Waals surface area contributed by atoms with E-state index in [-0.39, 0.29) is 0 Å². The number of anilines is 2. The molecule has 1 N–H and O–H groups in total. The molecule has 0 unspecified atom stereocenters. The van der Waals surface area contributed by atoms with Gasteiger partial charge in [-0.05, 0) is 12.1 Å². The molecule has 0 atom stereocenters. The third kappa shape index (κ3) is 0.652. The van der Waals surface area contributed by atoms with E-state index >= 15 is 0 Å². The molecule has 0 aromatic heterocycles. The topological polar surface area (TPSA) is 15.3 Å². The summed E-state index contributed by atoms with van der Waals surface area (Å²) in [4.78, 5) is 2.19. The number of rotatable bonds is 0. The highest BCUT2D eigenvalue weighted by atomic mass is 15.3. The summed E-state index contributed by atoms with van der Waals surface area (Å²) >= 11 is 0. The Bertz CT molecular complexity index is 245. The van der Waals surface area contributed by atoms with Gasteiger partial charge in [-0.25, -0.2) is 0 Å². The maximum absolute atomic E-state index is 3.28. The zero-order valence-corrected chi connectivity index (χ0v) is 5.96. The molecular formula is C8H10N2. The van der Waals surface area contributed by atoms with Gasteiger partial charge in [0.15, 0.2) is 0 Å². The van der Waals surface area contributed by atoms with Gasteiger partial charge >= 0.3 is 0 Å². The molecule has 0 radical (unpaired) electrons. The summed E-state index contributed by atoms with van der Waals surface area (Å²) in [6, 6.07) is 8.32. The van der Waals surface area contributed by atoms with Crippen LogP contribution in [-0.4, -0.2) is 13.7 Å². The molecule has 0 spiro atoms. The molecule has 0 fully saturated rings. The van der Waals surface area contributed by atoms with Crippen LogP contribution in [0.3, 0.4) is 0 Å². The number of hydrogen-bond donors (Lipinski definition) is 1. The van der Waals surface area contributed by atoms with Gasteiger partial charge in [-0.2, -0.15) is 0 Å². The normalized spacial score (nSPS) is 14.7. The third-order valence-corrected chi connectivity index (χ3v) is 1.82. The van der Waals surface area contributed by atoms with Crippen LogP contribution in [0.1, 0.15) is 0 Å². The first-order valence-electron chi connectivity index (χ1n) is 3.42. The smallest absolute Gasteiger partial charge is 0.0874 e. The van der Waals surface area contributed by atoms with Crippen molar-refractivity contribution in [1.82, 2.24) is 0 Å². The Labute approximate surface area is 60.5 Å². The fourth-order valence-corrected chi connectivity index (χ4v) is 1.24. The van der Waals surface area contributed by atoms with Crippen molar-refractivity contribution >= 4 is 11.4 Å². The molecule has 1 aromatic carbocycles. The molecule has 0 saturated carbocycles. The highest BCUT2D eigenvalue weighted by Crippen LogP contribution is 2.28. The third-order valence-electron chi connectivity index (χ3n) is 1.82. The van der Waals surface area contributed by atoms with E-state index in [0.717, 1.165) is 6.67 Å². The van der Waals surface area contributed by atoms with E-state index in [2.05, 4.69) is 35.5 Å². The molecule has 2 heteroatoms. The maximum atomic E-state index is 3.28. The molecule has 2 rings (SSSR count). The molecule has 1 aliphatic heterocycles. The number of fused-ring (bicyclic) bond motifs is 1. The number of benzene rings is 1. The summed E-state index contributed by atoms with van der Waals surface area (Å²) < 4.78 is 0. The summed E-state index contributed by atoms with van der Waals surface area (Å²) in [6.45, 7) is 0.930. The highest BCUT2D eigenvalue weighted by molar-refractivity contribution is 5.73. The van der Waals surface area contributed by atoms with E-state index in [1.54, 1.807) is 0 Å². The van der Waals surface area contributed by atoms with Gasteiger partial charge in [-0.15, -0.1) is 0 Å². The second-order valence-corrected chi connectivity index (χ2v) is 2.55. The first-order valence-corrected chi connectivity index (χ1v) is 3.42. The molecular weight excluding hydrogens is 124 g/mol. The first-order chi connectivity index (χ1) is 4.88. The minimum absolute atomic E-state index is 0.930. The van der Waals surface area contributed by atoms with E-state index in [1.807, 2.05) is 6.07 Å². The van der Waals surface area contributed by atoms with Crippen LogP contribution in [-0.2, 0) is 0 Å². The van der Waals surface area contributed by atoms with Gasteiger partial charge in [0.2, 0.25) is 0 Å². The standard InChI is InChI=1S/C8H10N2/c1-10-6-9-7-4-2-3-5-8(7)10/h2-5,9H,6H2,1H3. The fourth-order valence-electron chi connectivity index (χ4n) is 1.24. The predicted molar refractivity (Wildman–Crippen MR) is 43.3 cm³/mol. The molecule has 10 heavy (non-hydrogen) atoms. The minimum atomic E-state index is 0.930. The second kappa shape index (κ2) is 1.90. The summed E-state index contributed by atoms with van der Waals surface area (Å²) in [5, 5.41) is 3.28. The SMILES string of the molecule is CN1CNc2ccccc21. The van der Waals surface area contributed by atoms with Crippen molar-refractivity contribution in [3.63, 3.8) is 0 Å². The summed E-state index contributed by atoms with van der Waals surface area (Å²) in [7, 11) is 2.08. The van der Waals surface area contributed by atoms with Gasteiger partial charge in [0.05, 0.1) is 18.0 Å². The van der Waals surface area contributed by atoms with Crippen LogP contribution >= 0.6 is 0 Å². The van der Waals surface area contributed by atoms with Crippen molar-refractivity contribution < 1.29 is 0 Å². The van der Waals surface area contributed by atoms with E-state index in [4.69, 9.17) is 0 Å². The van der Waals surface area contributed by atoms with Crippen LogP contribution in [0.5, 0.6) is 0 Å². The van der Waals surface area contributed by atoms with Crippen molar-refractivity contribution in [3.8, 4) is 0 Å². The summed E-state index contributed by atoms with van der Waals surface area (Å²) in [5.74, 6) is 0. The molecule has 1 aliphatic rings. The lowest BCUT2D eigenvalue weighted by molar-refractivity contribution is 1.03. The quantitative estimate of drug-likeness (QED) is 0.578. The Morgan fingerprint density at radius 1 is 1.40 bits per heavy atom. The van der Waals surface area contributed by atoms with E-state index in [9.17, 15) is 0 Å². The molecule has 0 saturated heterocycles. The Kier molecular flexibility index (Phi) is 1.07. The predicted octanol–water partition coefficient (Wildman–Crippen LogP) is 1.51. The Morgan fingerprint density at radius 2 is 2.20 bits per heavy atom. The molecule has 0 bridgehead atoms. The van der Waals surface area contributed by atoms with E-state index in [1.165, 1.54) is 11.4 Å². The molecule has 2 nitrogen and oxygen atoms in total. The lowest BCUT2D eigenvalue weighted by Crippen LogP contribution is -2.15. The Balaban J connectivity index is 2.51. The van der Waals surface area contributed by atoms with Crippen LogP contribution in [0.25, 0.3) is 0 Å². The number of nitrogens with zero attached hydrogens (tertiary/aromatic N) is 1. The molecule has 1 aromatic rings. The van der Waals surface area contributed by atoms with Crippen molar-refractivity contribution in [2.75, 3.05) is 23.9 Å². The average Bonchev–Trinajstić information content (AvgIpc) is 2.34. The van der Waals surface area contributed by atoms with Gasteiger partial charge < -0.3 is 10.2 Å². The molecule has 1 heterocycles. The summed E-state index contributed by atoms with van der Waals surface area (Å²) in [6.07, 6.45) is 0. The van der Waals surface area contributed by atoms with Crippen LogP contribution in [0.2, 0.25) is 0 Å². The van der Waals surface area contributed by atoms with Crippen molar-refractivity contribution in [2.24, 2.45) is 0 Å².